The molecular formula is C58H94O26. The first-order valence-electron chi connectivity index (χ1n) is 30.3. The minimum absolute atomic E-state index is 0.110. The fourth-order valence-corrected chi connectivity index (χ4v) is 18.3. The standard InChI is InChI=1S/C58H94O26/c1-23(2)15-25-16-56(8,72)47-26-9-10-32-54(6)13-12-33(53(4,5)31(54)11-14-55(32,7)57(26)21-58(47,84-25)76-22-57)80-51-46(83-50-43(71)38(66)34(62)24(3)77-50)44(28(61)19-74-51)81-52-45(82-49-41(69)35(63)27(60)18-73-49)40(68)37(65)30(79-52)20-75-48-42(70)39(67)36(64)29(17-59)78-48/h15,24-52,59-72H,9-14,16-22H2,1-8H3/t24-,25-,26?,27+,28+,29+,30+,31-,32+,33-,34-,35-,36+,37+,38+,39-,40-,41+,42+,43+,44-,45+,46+,47?,48+,49-,50-,51-,52-,54-,55+,56-,57-,58-/m0/s1. The molecule has 26 nitrogen and oxygen atoms in total. The third kappa shape index (κ3) is 10.5. The number of rotatable bonds is 13. The maximum Gasteiger partial charge on any atom is 0.187 e. The number of hydrogen-bond donors (Lipinski definition) is 14. The first kappa shape index (κ1) is 64.2. The zero-order valence-electron chi connectivity index (χ0n) is 49.2. The molecule has 11 rings (SSSR count). The molecular weight excluding hydrogens is 1110 g/mol. The molecule has 2 unspecified atom stereocenters. The lowest BCUT2D eigenvalue weighted by atomic mass is 9.35. The summed E-state index contributed by atoms with van der Waals surface area (Å²) in [5, 5.41) is 154. The fraction of sp³-hybridized carbons (Fsp3) is 0.966. The molecule has 2 bridgehead atoms. The summed E-state index contributed by atoms with van der Waals surface area (Å²) in [5.74, 6) is -0.440. The number of ether oxygens (including phenoxy) is 12. The molecule has 84 heavy (non-hydrogen) atoms. The van der Waals surface area contributed by atoms with Gasteiger partial charge in [0.15, 0.2) is 37.2 Å². The van der Waals surface area contributed by atoms with E-state index in [-0.39, 0.29) is 46.0 Å². The van der Waals surface area contributed by atoms with Gasteiger partial charge < -0.3 is 128 Å². The Morgan fingerprint density at radius 2 is 1.21 bits per heavy atom. The third-order valence-corrected chi connectivity index (χ3v) is 22.5. The van der Waals surface area contributed by atoms with Crippen molar-refractivity contribution in [2.75, 3.05) is 33.0 Å². The molecule has 11 aliphatic rings. The van der Waals surface area contributed by atoms with E-state index in [1.54, 1.807) is 0 Å². The second kappa shape index (κ2) is 23.4. The van der Waals surface area contributed by atoms with Crippen LogP contribution in [-0.2, 0) is 56.8 Å². The molecule has 7 heterocycles. The van der Waals surface area contributed by atoms with Crippen molar-refractivity contribution in [1.82, 2.24) is 0 Å². The van der Waals surface area contributed by atoms with Gasteiger partial charge in [0.25, 0.3) is 0 Å². The Kier molecular flexibility index (Phi) is 17.9. The normalized spacial score (nSPS) is 57.1. The van der Waals surface area contributed by atoms with Gasteiger partial charge >= 0.3 is 0 Å². The van der Waals surface area contributed by atoms with Gasteiger partial charge in [-0.25, -0.2) is 0 Å². The average Bonchev–Trinajstić information content (AvgIpc) is 1.44. The first-order chi connectivity index (χ1) is 39.4. The van der Waals surface area contributed by atoms with Crippen LogP contribution in [0.25, 0.3) is 0 Å². The van der Waals surface area contributed by atoms with Crippen LogP contribution in [0.2, 0.25) is 0 Å². The first-order valence-corrected chi connectivity index (χ1v) is 30.3. The van der Waals surface area contributed by atoms with E-state index in [2.05, 4.69) is 33.8 Å². The highest BCUT2D eigenvalue weighted by molar-refractivity contribution is 5.27. The Hall–Kier alpha value is -1.30. The summed E-state index contributed by atoms with van der Waals surface area (Å²) in [5.41, 5.74) is -0.980. The zero-order chi connectivity index (χ0) is 60.7. The monoisotopic (exact) mass is 1210 g/mol. The Bertz CT molecular complexity index is 2330. The quantitative estimate of drug-likeness (QED) is 0.0658. The van der Waals surface area contributed by atoms with E-state index >= 15 is 0 Å². The van der Waals surface area contributed by atoms with Crippen LogP contribution in [0, 0.1) is 45.3 Å². The maximum atomic E-state index is 12.3. The van der Waals surface area contributed by atoms with Crippen LogP contribution in [0.5, 0.6) is 0 Å². The van der Waals surface area contributed by atoms with Gasteiger partial charge in [-0.1, -0.05) is 39.3 Å². The Morgan fingerprint density at radius 3 is 1.93 bits per heavy atom. The molecule has 0 amide bonds. The van der Waals surface area contributed by atoms with E-state index in [0.717, 1.165) is 44.1 Å². The Balaban J connectivity index is 0.870. The fourth-order valence-electron chi connectivity index (χ4n) is 18.3. The van der Waals surface area contributed by atoms with Gasteiger partial charge in [-0.05, 0) is 100 Å². The molecule has 0 aromatic heterocycles. The number of aliphatic hydroxyl groups excluding tert-OH is 13. The van der Waals surface area contributed by atoms with E-state index in [1.165, 1.54) is 6.92 Å². The van der Waals surface area contributed by atoms with Crippen molar-refractivity contribution in [3.8, 4) is 0 Å². The third-order valence-electron chi connectivity index (χ3n) is 22.5. The van der Waals surface area contributed by atoms with Gasteiger partial charge in [-0.15, -0.1) is 0 Å². The van der Waals surface area contributed by atoms with Crippen molar-refractivity contribution in [2.24, 2.45) is 45.3 Å². The Morgan fingerprint density at radius 1 is 0.583 bits per heavy atom. The summed E-state index contributed by atoms with van der Waals surface area (Å²) >= 11 is 0. The van der Waals surface area contributed by atoms with E-state index in [1.807, 2.05) is 20.8 Å². The summed E-state index contributed by atoms with van der Waals surface area (Å²) in [4.78, 5) is 0. The summed E-state index contributed by atoms with van der Waals surface area (Å²) in [6.07, 6.45) is -31.8. The molecule has 2 spiro atoms. The summed E-state index contributed by atoms with van der Waals surface area (Å²) < 4.78 is 75.5. The van der Waals surface area contributed by atoms with Gasteiger partial charge in [0.2, 0.25) is 0 Å². The Labute approximate surface area is 488 Å². The molecule has 4 saturated carbocycles. The van der Waals surface area contributed by atoms with Gasteiger partial charge in [-0.2, -0.15) is 0 Å². The number of aliphatic hydroxyl groups is 14. The van der Waals surface area contributed by atoms with Crippen molar-refractivity contribution < 1.29 is 128 Å². The molecule has 14 N–H and O–H groups in total. The lowest BCUT2D eigenvalue weighted by Crippen LogP contribution is -2.68. The van der Waals surface area contributed by atoms with Crippen LogP contribution in [0.3, 0.4) is 0 Å². The summed E-state index contributed by atoms with van der Waals surface area (Å²) in [6.45, 7) is 14.8. The zero-order valence-corrected chi connectivity index (χ0v) is 49.2. The second-order valence-corrected chi connectivity index (χ2v) is 28.2. The van der Waals surface area contributed by atoms with E-state index in [4.69, 9.17) is 56.8 Å². The van der Waals surface area contributed by atoms with Crippen molar-refractivity contribution in [3.63, 3.8) is 0 Å². The topological polar surface area (TPSA) is 394 Å². The lowest BCUT2D eigenvalue weighted by Gasteiger charge is -2.70. The minimum Gasteiger partial charge on any atom is -0.394 e. The van der Waals surface area contributed by atoms with Gasteiger partial charge in [0, 0.05) is 24.2 Å². The molecule has 11 fully saturated rings. The minimum atomic E-state index is -2.04. The molecule has 34 atom stereocenters. The van der Waals surface area contributed by atoms with Crippen LogP contribution in [-0.4, -0.2) is 269 Å². The molecule has 0 aromatic rings. The summed E-state index contributed by atoms with van der Waals surface area (Å²) in [6, 6.07) is 0. The number of allylic oxidation sites excluding steroid dienone is 1. The molecule has 482 valence electrons. The van der Waals surface area contributed by atoms with Gasteiger partial charge in [-0.3, -0.25) is 0 Å². The SMILES string of the molecule is CC(C)=C[C@H]1C[C@](C)(O)C2C3CC[C@@H]4[C@@]5(C)CC[C@H](O[C@@H]6OC[C@@H](O)[C@H](O[C@@H]7O[C@H](CO[C@@H]8O[C@H](CO)[C@@H](O)[C@H](O)[C@H]8O)[C@@H](O)[C@H](O)[C@H]7O[C@@H]7OC[C@@H](O)[C@H](O)[C@H]7O)[C@H]6O[C@@H]6O[C@@H](C)[C@H](O)[C@@H](O)[C@H]6O)C(C)(C)[C@@H]5CC[C@@]4(C)[C@@]34CO[C@@]2(C4)O1. The highest BCUT2D eigenvalue weighted by Gasteiger charge is 2.81. The predicted octanol–water partition coefficient (Wildman–Crippen LogP) is -2.72. The van der Waals surface area contributed by atoms with E-state index < -0.39 is 191 Å². The van der Waals surface area contributed by atoms with Gasteiger partial charge in [0.05, 0.1) is 56.9 Å². The maximum absolute atomic E-state index is 12.3. The van der Waals surface area contributed by atoms with Crippen molar-refractivity contribution in [2.45, 2.75) is 272 Å². The molecule has 7 aliphatic heterocycles. The second-order valence-electron chi connectivity index (χ2n) is 28.2. The molecule has 26 heteroatoms. The van der Waals surface area contributed by atoms with Crippen LogP contribution in [0.15, 0.2) is 11.6 Å². The van der Waals surface area contributed by atoms with Crippen LogP contribution in [0.4, 0.5) is 0 Å². The molecule has 7 saturated heterocycles. The highest BCUT2D eigenvalue weighted by Crippen LogP contribution is 2.80. The van der Waals surface area contributed by atoms with Crippen molar-refractivity contribution in [1.29, 1.82) is 0 Å². The van der Waals surface area contributed by atoms with Crippen LogP contribution < -0.4 is 0 Å². The molecule has 0 aromatic carbocycles. The predicted molar refractivity (Wildman–Crippen MR) is 283 cm³/mol. The number of fused-ring (bicyclic) bond motifs is 4. The molecule has 4 aliphatic carbocycles. The van der Waals surface area contributed by atoms with Gasteiger partial charge in [0.1, 0.15) is 104 Å². The lowest BCUT2D eigenvalue weighted by molar-refractivity contribution is -0.401. The summed E-state index contributed by atoms with van der Waals surface area (Å²) in [7, 11) is 0. The molecule has 0 radical (unpaired) electrons. The van der Waals surface area contributed by atoms with Crippen molar-refractivity contribution >= 4 is 0 Å². The van der Waals surface area contributed by atoms with Crippen molar-refractivity contribution in [3.05, 3.63) is 11.6 Å². The van der Waals surface area contributed by atoms with E-state index in [0.29, 0.717) is 19.4 Å². The smallest absolute Gasteiger partial charge is 0.187 e. The van der Waals surface area contributed by atoms with Crippen LogP contribution in [0.1, 0.15) is 107 Å². The largest absolute Gasteiger partial charge is 0.394 e. The van der Waals surface area contributed by atoms with Crippen LogP contribution >= 0.6 is 0 Å². The average molecular weight is 1210 g/mol. The highest BCUT2D eigenvalue weighted by atomic mass is 16.8. The van der Waals surface area contributed by atoms with E-state index in [9.17, 15) is 71.5 Å². The number of hydrogen-bond acceptors (Lipinski definition) is 26.